The average Bonchev–Trinajstić information content (AvgIpc) is 2.53. The minimum absolute atomic E-state index is 0.100. The van der Waals surface area contributed by atoms with Gasteiger partial charge in [-0.1, -0.05) is 24.3 Å². The molecule has 0 unspecified atom stereocenters. The van der Waals surface area contributed by atoms with Crippen molar-refractivity contribution in [2.75, 3.05) is 0 Å². The van der Waals surface area contributed by atoms with Crippen LogP contribution in [-0.4, -0.2) is 5.11 Å². The Hall–Kier alpha value is -3.07. The lowest BCUT2D eigenvalue weighted by Gasteiger charge is -2.16. The molecule has 0 aromatic heterocycles. The number of hydrogen-bond donors (Lipinski definition) is 1. The van der Waals surface area contributed by atoms with Crippen LogP contribution in [0.2, 0.25) is 0 Å². The van der Waals surface area contributed by atoms with E-state index in [0.29, 0.717) is 11.3 Å². The SMILES string of the molecule is Cc1ccccc1-c1c2ccc(=O)cc-2oc2cc(O)ccc12. The maximum absolute atomic E-state index is 11.7. The number of phenolic OH excluding ortho intramolecular Hbond substituents is 1. The summed E-state index contributed by atoms with van der Waals surface area (Å²) in [7, 11) is 0. The first kappa shape index (κ1) is 13.6. The fourth-order valence-corrected chi connectivity index (χ4v) is 3.00. The normalized spacial score (nSPS) is 11.2. The van der Waals surface area contributed by atoms with E-state index in [2.05, 4.69) is 19.1 Å². The summed E-state index contributed by atoms with van der Waals surface area (Å²) in [6.45, 7) is 2.06. The van der Waals surface area contributed by atoms with Crippen molar-refractivity contribution in [3.63, 3.8) is 0 Å². The van der Waals surface area contributed by atoms with Gasteiger partial charge < -0.3 is 9.52 Å². The molecular weight excluding hydrogens is 288 g/mol. The van der Waals surface area contributed by atoms with E-state index in [1.165, 1.54) is 6.07 Å². The molecule has 1 N–H and O–H groups in total. The zero-order chi connectivity index (χ0) is 16.0. The van der Waals surface area contributed by atoms with Gasteiger partial charge in [0, 0.05) is 28.6 Å². The van der Waals surface area contributed by atoms with Crippen LogP contribution in [0.15, 0.2) is 69.9 Å². The van der Waals surface area contributed by atoms with E-state index < -0.39 is 0 Å². The quantitative estimate of drug-likeness (QED) is 0.524. The largest absolute Gasteiger partial charge is 0.508 e. The number of aromatic hydroxyl groups is 1. The van der Waals surface area contributed by atoms with Crippen LogP contribution in [-0.2, 0) is 0 Å². The molecule has 0 fully saturated rings. The highest BCUT2D eigenvalue weighted by Crippen LogP contribution is 2.41. The molecular formula is C20H14O3. The molecule has 0 saturated heterocycles. The van der Waals surface area contributed by atoms with Crippen molar-refractivity contribution in [3.8, 4) is 28.2 Å². The zero-order valence-corrected chi connectivity index (χ0v) is 12.5. The molecule has 23 heavy (non-hydrogen) atoms. The molecule has 0 radical (unpaired) electrons. The summed E-state index contributed by atoms with van der Waals surface area (Å²) in [5.74, 6) is 0.656. The Morgan fingerprint density at radius 2 is 1.74 bits per heavy atom. The van der Waals surface area contributed by atoms with Gasteiger partial charge in [-0.05, 0) is 42.3 Å². The molecule has 0 spiro atoms. The first-order chi connectivity index (χ1) is 11.1. The molecule has 112 valence electrons. The van der Waals surface area contributed by atoms with Crippen LogP contribution in [0.25, 0.3) is 33.4 Å². The van der Waals surface area contributed by atoms with Gasteiger partial charge in [0.05, 0.1) is 0 Å². The maximum atomic E-state index is 11.7. The molecule has 1 heterocycles. The van der Waals surface area contributed by atoms with Crippen LogP contribution in [0.5, 0.6) is 5.75 Å². The Kier molecular flexibility index (Phi) is 2.95. The Morgan fingerprint density at radius 3 is 2.57 bits per heavy atom. The van der Waals surface area contributed by atoms with E-state index in [-0.39, 0.29) is 11.2 Å². The van der Waals surface area contributed by atoms with Gasteiger partial charge in [0.15, 0.2) is 5.43 Å². The van der Waals surface area contributed by atoms with Crippen LogP contribution in [0.3, 0.4) is 0 Å². The average molecular weight is 302 g/mol. The first-order valence-electron chi connectivity index (χ1n) is 7.39. The lowest BCUT2D eigenvalue weighted by molar-refractivity contribution is 0.474. The van der Waals surface area contributed by atoms with Gasteiger partial charge in [0.2, 0.25) is 0 Å². The number of hydrogen-bond acceptors (Lipinski definition) is 3. The number of rotatable bonds is 1. The smallest absolute Gasteiger partial charge is 0.182 e. The minimum atomic E-state index is -0.100. The van der Waals surface area contributed by atoms with Gasteiger partial charge in [-0.25, -0.2) is 0 Å². The number of phenols is 1. The Labute approximate surface area is 132 Å². The molecule has 2 aromatic rings. The van der Waals surface area contributed by atoms with Crippen LogP contribution in [0.4, 0.5) is 0 Å². The molecule has 1 aliphatic heterocycles. The third-order valence-corrected chi connectivity index (χ3v) is 4.09. The van der Waals surface area contributed by atoms with Crippen molar-refractivity contribution in [2.45, 2.75) is 6.92 Å². The molecule has 3 heteroatoms. The van der Waals surface area contributed by atoms with E-state index in [4.69, 9.17) is 4.42 Å². The number of fused-ring (bicyclic) bond motifs is 2. The summed E-state index contributed by atoms with van der Waals surface area (Å²) < 4.78 is 5.85. The molecule has 2 aromatic carbocycles. The monoisotopic (exact) mass is 302 g/mol. The van der Waals surface area contributed by atoms with E-state index in [9.17, 15) is 9.90 Å². The summed E-state index contributed by atoms with van der Waals surface area (Å²) >= 11 is 0. The van der Waals surface area contributed by atoms with E-state index >= 15 is 0 Å². The van der Waals surface area contributed by atoms with Crippen molar-refractivity contribution in [2.24, 2.45) is 0 Å². The van der Waals surface area contributed by atoms with Crippen LogP contribution < -0.4 is 5.43 Å². The molecule has 3 nitrogen and oxygen atoms in total. The summed E-state index contributed by atoms with van der Waals surface area (Å²) in [4.78, 5) is 11.7. The fourth-order valence-electron chi connectivity index (χ4n) is 3.00. The summed E-state index contributed by atoms with van der Waals surface area (Å²) in [5, 5.41) is 10.7. The second-order valence-electron chi connectivity index (χ2n) is 5.63. The highest BCUT2D eigenvalue weighted by atomic mass is 16.3. The Balaban J connectivity index is 2.23. The van der Waals surface area contributed by atoms with Gasteiger partial charge in [-0.2, -0.15) is 0 Å². The van der Waals surface area contributed by atoms with E-state index in [1.54, 1.807) is 24.3 Å². The van der Waals surface area contributed by atoms with Gasteiger partial charge >= 0.3 is 0 Å². The van der Waals surface area contributed by atoms with Crippen molar-refractivity contribution in [3.05, 3.63) is 76.5 Å². The molecule has 0 saturated carbocycles. The van der Waals surface area contributed by atoms with Crippen LogP contribution >= 0.6 is 0 Å². The lowest BCUT2D eigenvalue weighted by atomic mass is 9.91. The molecule has 0 amide bonds. The summed E-state index contributed by atoms with van der Waals surface area (Å²) in [6.07, 6.45) is 0. The highest BCUT2D eigenvalue weighted by molar-refractivity contribution is 6.02. The van der Waals surface area contributed by atoms with E-state index in [0.717, 1.165) is 27.6 Å². The topological polar surface area (TPSA) is 50.4 Å². The summed E-state index contributed by atoms with van der Waals surface area (Å²) in [5.41, 5.74) is 4.58. The predicted molar refractivity (Wildman–Crippen MR) is 90.9 cm³/mol. The molecule has 2 aliphatic rings. The third kappa shape index (κ3) is 2.18. The number of aryl methyl sites for hydroxylation is 1. The van der Waals surface area contributed by atoms with Crippen molar-refractivity contribution in [1.29, 1.82) is 0 Å². The van der Waals surface area contributed by atoms with Crippen molar-refractivity contribution < 1.29 is 9.52 Å². The summed E-state index contributed by atoms with van der Waals surface area (Å²) in [6, 6.07) is 18.0. The fraction of sp³-hybridized carbons (Fsp3) is 0.0500. The Bertz CT molecular complexity index is 1060. The zero-order valence-electron chi connectivity index (χ0n) is 12.5. The van der Waals surface area contributed by atoms with Crippen molar-refractivity contribution >= 4 is 11.0 Å². The van der Waals surface area contributed by atoms with Crippen LogP contribution in [0, 0.1) is 6.92 Å². The highest BCUT2D eigenvalue weighted by Gasteiger charge is 2.18. The Morgan fingerprint density at radius 1 is 0.913 bits per heavy atom. The third-order valence-electron chi connectivity index (χ3n) is 4.09. The predicted octanol–water partition coefficient (Wildman–Crippen LogP) is 4.58. The molecule has 1 aliphatic carbocycles. The van der Waals surface area contributed by atoms with Gasteiger partial charge in [0.25, 0.3) is 0 Å². The second kappa shape index (κ2) is 4.99. The molecule has 0 bridgehead atoms. The van der Waals surface area contributed by atoms with Gasteiger partial charge in [0.1, 0.15) is 17.1 Å². The van der Waals surface area contributed by atoms with Gasteiger partial charge in [-0.3, -0.25) is 4.79 Å². The van der Waals surface area contributed by atoms with E-state index in [1.807, 2.05) is 18.2 Å². The van der Waals surface area contributed by atoms with Gasteiger partial charge in [-0.15, -0.1) is 0 Å². The number of benzene rings is 3. The minimum Gasteiger partial charge on any atom is -0.508 e. The van der Waals surface area contributed by atoms with Crippen molar-refractivity contribution in [1.82, 2.24) is 0 Å². The second-order valence-corrected chi connectivity index (χ2v) is 5.63. The molecule has 4 rings (SSSR count). The maximum Gasteiger partial charge on any atom is 0.182 e. The lowest BCUT2D eigenvalue weighted by Crippen LogP contribution is -2.00. The first-order valence-corrected chi connectivity index (χ1v) is 7.39. The standard InChI is InChI=1S/C20H14O3/c1-12-4-2-3-5-15(12)20-16-8-6-13(21)10-18(16)23-19-11-14(22)7-9-17(19)20/h2-11,21H,1H3. The molecule has 0 atom stereocenters. The van der Waals surface area contributed by atoms with Crippen LogP contribution in [0.1, 0.15) is 5.56 Å².